The Hall–Kier alpha value is -2.87. The summed E-state index contributed by atoms with van der Waals surface area (Å²) < 4.78 is 30.6. The third kappa shape index (κ3) is 5.82. The largest absolute Gasteiger partial charge is 0.460 e. The molecule has 0 atom stereocenters. The molecule has 0 unspecified atom stereocenters. The molecule has 7 nitrogen and oxygen atoms in total. The molecule has 1 N–H and O–H groups in total. The van der Waals surface area contributed by atoms with Gasteiger partial charge in [0.25, 0.3) is 0 Å². The number of hydrogen-bond donors (Lipinski definition) is 1. The van der Waals surface area contributed by atoms with Gasteiger partial charge in [0.05, 0.1) is 23.5 Å². The van der Waals surface area contributed by atoms with E-state index in [2.05, 4.69) is 5.32 Å². The summed E-state index contributed by atoms with van der Waals surface area (Å²) in [6, 6.07) is 14.4. The van der Waals surface area contributed by atoms with E-state index in [9.17, 15) is 18.0 Å². The van der Waals surface area contributed by atoms with Gasteiger partial charge in [0.15, 0.2) is 0 Å². The van der Waals surface area contributed by atoms with Gasteiger partial charge in [-0.2, -0.15) is 0 Å². The number of rotatable bonds is 8. The second kappa shape index (κ2) is 9.75. The maximum Gasteiger partial charge on any atom is 0.338 e. The second-order valence-corrected chi connectivity index (χ2v) is 9.28. The number of hydrogen-bond acceptors (Lipinski definition) is 5. The SMILES string of the molecule is Cc1ccc(CCC(=O)NCCOC(=O)c2cccc(N3CCCS3(=O)=O)c2)cc1. The number of carbonyl (C=O) groups is 2. The number of anilines is 1. The van der Waals surface area contributed by atoms with E-state index in [1.54, 1.807) is 18.2 Å². The summed E-state index contributed by atoms with van der Waals surface area (Å²) >= 11 is 0. The fourth-order valence-corrected chi connectivity index (χ4v) is 4.79. The van der Waals surface area contributed by atoms with Crippen LogP contribution >= 0.6 is 0 Å². The third-order valence-corrected chi connectivity index (χ3v) is 6.76. The molecule has 0 aromatic heterocycles. The Balaban J connectivity index is 1.42. The number of ether oxygens (including phenoxy) is 1. The van der Waals surface area contributed by atoms with E-state index in [1.165, 1.54) is 15.9 Å². The molecular formula is C22H26N2O5S. The molecule has 0 aliphatic carbocycles. The fraction of sp³-hybridized carbons (Fsp3) is 0.364. The number of carbonyl (C=O) groups excluding carboxylic acids is 2. The molecule has 2 aromatic rings. The molecule has 0 spiro atoms. The van der Waals surface area contributed by atoms with Gasteiger partial charge in [-0.25, -0.2) is 13.2 Å². The number of aryl methyl sites for hydroxylation is 2. The van der Waals surface area contributed by atoms with E-state index in [-0.39, 0.29) is 30.4 Å². The summed E-state index contributed by atoms with van der Waals surface area (Å²) in [5.41, 5.74) is 3.02. The Bertz CT molecular complexity index is 1000. The number of benzene rings is 2. The van der Waals surface area contributed by atoms with Crippen molar-refractivity contribution in [3.05, 3.63) is 65.2 Å². The van der Waals surface area contributed by atoms with Gasteiger partial charge in [0.1, 0.15) is 6.61 Å². The van der Waals surface area contributed by atoms with Crippen LogP contribution in [0.25, 0.3) is 0 Å². The highest BCUT2D eigenvalue weighted by molar-refractivity contribution is 7.93. The molecular weight excluding hydrogens is 404 g/mol. The molecule has 30 heavy (non-hydrogen) atoms. The minimum atomic E-state index is -3.31. The van der Waals surface area contributed by atoms with Crippen molar-refractivity contribution >= 4 is 27.6 Å². The first-order chi connectivity index (χ1) is 14.3. The first-order valence-electron chi connectivity index (χ1n) is 9.95. The standard InChI is InChI=1S/C22H26N2O5S/c1-17-6-8-18(9-7-17)10-11-21(25)23-12-14-29-22(26)19-4-2-5-20(16-19)24-13-3-15-30(24,27)28/h2,4-9,16H,3,10-15H2,1H3,(H,23,25). The van der Waals surface area contributed by atoms with E-state index < -0.39 is 16.0 Å². The average molecular weight is 431 g/mol. The van der Waals surface area contributed by atoms with Crippen LogP contribution in [-0.4, -0.2) is 45.7 Å². The van der Waals surface area contributed by atoms with Crippen LogP contribution in [0.4, 0.5) is 5.69 Å². The maximum atomic E-state index is 12.3. The summed E-state index contributed by atoms with van der Waals surface area (Å²) in [7, 11) is -3.31. The van der Waals surface area contributed by atoms with Crippen LogP contribution in [0, 0.1) is 6.92 Å². The molecule has 1 aliphatic rings. The average Bonchev–Trinajstić information content (AvgIpc) is 3.09. The molecule has 160 valence electrons. The van der Waals surface area contributed by atoms with Crippen LogP contribution in [0.2, 0.25) is 0 Å². The molecule has 0 bridgehead atoms. The van der Waals surface area contributed by atoms with Gasteiger partial charge in [-0.15, -0.1) is 0 Å². The molecule has 0 saturated carbocycles. The van der Waals surface area contributed by atoms with Gasteiger partial charge >= 0.3 is 5.97 Å². The molecule has 0 radical (unpaired) electrons. The number of sulfonamides is 1. The van der Waals surface area contributed by atoms with Gasteiger partial charge < -0.3 is 10.1 Å². The Morgan fingerprint density at radius 2 is 1.90 bits per heavy atom. The van der Waals surface area contributed by atoms with E-state index in [1.807, 2.05) is 31.2 Å². The van der Waals surface area contributed by atoms with Crippen molar-refractivity contribution < 1.29 is 22.7 Å². The Morgan fingerprint density at radius 3 is 2.60 bits per heavy atom. The molecule has 1 amide bonds. The summed E-state index contributed by atoms with van der Waals surface area (Å²) in [5, 5.41) is 2.73. The predicted molar refractivity (Wildman–Crippen MR) is 115 cm³/mol. The van der Waals surface area contributed by atoms with Crippen molar-refractivity contribution in [2.75, 3.05) is 29.8 Å². The topological polar surface area (TPSA) is 92.8 Å². The van der Waals surface area contributed by atoms with Crippen molar-refractivity contribution in [1.29, 1.82) is 0 Å². The second-order valence-electron chi connectivity index (χ2n) is 7.26. The first-order valence-corrected chi connectivity index (χ1v) is 11.6. The zero-order valence-corrected chi connectivity index (χ0v) is 17.8. The van der Waals surface area contributed by atoms with Crippen LogP contribution in [0.15, 0.2) is 48.5 Å². The summed E-state index contributed by atoms with van der Waals surface area (Å²) in [5.74, 6) is -0.541. The van der Waals surface area contributed by atoms with Gasteiger partial charge in [-0.1, -0.05) is 35.9 Å². The minimum Gasteiger partial charge on any atom is -0.460 e. The minimum absolute atomic E-state index is 0.0430. The highest BCUT2D eigenvalue weighted by Crippen LogP contribution is 2.24. The summed E-state index contributed by atoms with van der Waals surface area (Å²) in [4.78, 5) is 24.2. The lowest BCUT2D eigenvalue weighted by atomic mass is 10.1. The van der Waals surface area contributed by atoms with Crippen molar-refractivity contribution in [2.45, 2.75) is 26.2 Å². The first kappa shape index (κ1) is 21.8. The smallest absolute Gasteiger partial charge is 0.338 e. The molecule has 3 rings (SSSR count). The van der Waals surface area contributed by atoms with E-state index in [0.29, 0.717) is 31.5 Å². The van der Waals surface area contributed by atoms with Crippen LogP contribution in [0.1, 0.15) is 34.3 Å². The molecule has 2 aromatic carbocycles. The van der Waals surface area contributed by atoms with Crippen LogP contribution in [0.3, 0.4) is 0 Å². The molecule has 1 aliphatic heterocycles. The number of esters is 1. The maximum absolute atomic E-state index is 12.3. The van der Waals surface area contributed by atoms with Gasteiger partial charge in [0.2, 0.25) is 15.9 Å². The lowest BCUT2D eigenvalue weighted by molar-refractivity contribution is -0.121. The highest BCUT2D eigenvalue weighted by Gasteiger charge is 2.28. The van der Waals surface area contributed by atoms with Crippen molar-refractivity contribution in [2.24, 2.45) is 0 Å². The van der Waals surface area contributed by atoms with Gasteiger partial charge in [0, 0.05) is 13.0 Å². The molecule has 1 saturated heterocycles. The van der Waals surface area contributed by atoms with E-state index in [0.717, 1.165) is 5.56 Å². The quantitative estimate of drug-likeness (QED) is 0.513. The predicted octanol–water partition coefficient (Wildman–Crippen LogP) is 2.44. The normalized spacial score (nSPS) is 15.0. The lowest BCUT2D eigenvalue weighted by Crippen LogP contribution is -2.28. The Morgan fingerprint density at radius 1 is 1.13 bits per heavy atom. The summed E-state index contributed by atoms with van der Waals surface area (Å²) in [6.07, 6.45) is 1.59. The number of amides is 1. The van der Waals surface area contributed by atoms with Gasteiger partial charge in [-0.05, 0) is 43.5 Å². The third-order valence-electron chi connectivity index (χ3n) is 4.89. The van der Waals surface area contributed by atoms with Crippen molar-refractivity contribution in [1.82, 2.24) is 5.32 Å². The molecule has 8 heteroatoms. The monoisotopic (exact) mass is 430 g/mol. The lowest BCUT2D eigenvalue weighted by Gasteiger charge is -2.17. The van der Waals surface area contributed by atoms with Crippen molar-refractivity contribution in [3.8, 4) is 0 Å². The van der Waals surface area contributed by atoms with Crippen LogP contribution < -0.4 is 9.62 Å². The van der Waals surface area contributed by atoms with Gasteiger partial charge in [-0.3, -0.25) is 9.10 Å². The highest BCUT2D eigenvalue weighted by atomic mass is 32.2. The Labute approximate surface area is 177 Å². The van der Waals surface area contributed by atoms with E-state index in [4.69, 9.17) is 4.74 Å². The number of nitrogens with zero attached hydrogens (tertiary/aromatic N) is 1. The molecule has 1 fully saturated rings. The molecule has 1 heterocycles. The zero-order chi connectivity index (χ0) is 21.6. The van der Waals surface area contributed by atoms with Crippen LogP contribution in [-0.2, 0) is 26.0 Å². The number of nitrogens with one attached hydrogen (secondary N) is 1. The summed E-state index contributed by atoms with van der Waals surface area (Å²) in [6.45, 7) is 2.69. The van der Waals surface area contributed by atoms with Crippen LogP contribution in [0.5, 0.6) is 0 Å². The van der Waals surface area contributed by atoms with E-state index >= 15 is 0 Å². The Kier molecular flexibility index (Phi) is 7.10. The van der Waals surface area contributed by atoms with Crippen molar-refractivity contribution in [3.63, 3.8) is 0 Å². The fourth-order valence-electron chi connectivity index (χ4n) is 3.24. The zero-order valence-electron chi connectivity index (χ0n) is 17.0.